The van der Waals surface area contributed by atoms with E-state index in [1.807, 2.05) is 12.2 Å². The molecule has 19 heteroatoms. The fraction of sp³-hybridized carbons (Fsp3) is 0.687. The van der Waals surface area contributed by atoms with Crippen LogP contribution in [0.1, 0.15) is 310 Å². The summed E-state index contributed by atoms with van der Waals surface area (Å²) in [6, 6.07) is 0. The van der Waals surface area contributed by atoms with Crippen molar-refractivity contribution in [1.29, 1.82) is 0 Å². The van der Waals surface area contributed by atoms with Crippen LogP contribution in [0.15, 0.2) is 134 Å². The number of hydrogen-bond donors (Lipinski definition) is 3. The molecule has 584 valence electrons. The lowest BCUT2D eigenvalue weighted by Crippen LogP contribution is -2.30. The first-order chi connectivity index (χ1) is 49.7. The van der Waals surface area contributed by atoms with Gasteiger partial charge in [-0.1, -0.05) is 283 Å². The predicted octanol–water partition coefficient (Wildman–Crippen LogP) is 22.9. The highest BCUT2D eigenvalue weighted by molar-refractivity contribution is 7.47. The van der Waals surface area contributed by atoms with Gasteiger partial charge in [-0.15, -0.1) is 0 Å². The highest BCUT2D eigenvalue weighted by Gasteiger charge is 2.30. The summed E-state index contributed by atoms with van der Waals surface area (Å²) in [5.41, 5.74) is 0. The van der Waals surface area contributed by atoms with Gasteiger partial charge >= 0.3 is 39.5 Å². The average Bonchev–Trinajstić information content (AvgIpc) is 0.926. The summed E-state index contributed by atoms with van der Waals surface area (Å²) in [5.74, 6) is -2.28. The molecule has 0 rings (SSSR count). The van der Waals surface area contributed by atoms with E-state index in [1.165, 1.54) is 77.0 Å². The van der Waals surface area contributed by atoms with Gasteiger partial charge in [-0.2, -0.15) is 0 Å². The van der Waals surface area contributed by atoms with E-state index in [0.717, 1.165) is 148 Å². The van der Waals surface area contributed by atoms with Crippen LogP contribution in [0.3, 0.4) is 0 Å². The molecular formula is C83H140O17P2. The number of unbranched alkanes of at least 4 members (excludes halogenated alkanes) is 25. The standard InChI is InChI=1S/C83H140O17P2/c1-5-9-13-17-21-25-29-32-35-37-38-40-43-45-49-52-56-60-64-68-80(85)93-73-78(99-82(87)69-65-61-57-53-47-28-24-20-16-12-8-4)75-97-101(89,90)95-71-77(84)72-96-102(91,92)98-76-79(100-83(88)70-66-62-58-54-50-46-41-34-31-27-23-19-15-11-7-3)74-94-81(86)67-63-59-55-51-48-44-42-39-36-33-30-26-22-18-14-10-6-2/h9-10,13-14,21-22,25-26,32-36,38,40-42,44-45,49,51,55,77-79,84H,5-8,11-12,15-20,23-24,27-31,37,39,43,46-48,50,52-54,56-76H2,1-4H3,(H,89,90)(H,91,92)/b13-9-,14-10-,25-21-,26-22-,35-32-,36-33-,40-38-,41-34-,44-42-,49-45-,55-51-. The molecule has 0 spiro atoms. The van der Waals surface area contributed by atoms with Crippen LogP contribution < -0.4 is 0 Å². The number of rotatable bonds is 73. The Morgan fingerprint density at radius 2 is 0.520 bits per heavy atom. The highest BCUT2D eigenvalue weighted by Crippen LogP contribution is 2.45. The third kappa shape index (κ3) is 73.5. The molecule has 3 N–H and O–H groups in total. The largest absolute Gasteiger partial charge is 0.472 e. The minimum absolute atomic E-state index is 0.0702. The quantitative estimate of drug-likeness (QED) is 0.0169. The van der Waals surface area contributed by atoms with Gasteiger partial charge in [0.2, 0.25) is 0 Å². The molecule has 0 saturated heterocycles. The Kier molecular flexibility index (Phi) is 71.0. The Labute approximate surface area is 618 Å². The lowest BCUT2D eigenvalue weighted by Gasteiger charge is -2.21. The Balaban J connectivity index is 5.40. The molecule has 5 unspecified atom stereocenters. The molecule has 102 heavy (non-hydrogen) atoms. The molecule has 0 saturated carbocycles. The van der Waals surface area contributed by atoms with Crippen molar-refractivity contribution in [2.24, 2.45) is 0 Å². The van der Waals surface area contributed by atoms with E-state index in [-0.39, 0.29) is 25.7 Å². The molecule has 0 aliphatic carbocycles. The van der Waals surface area contributed by atoms with Crippen molar-refractivity contribution >= 4 is 39.5 Å². The molecule has 0 radical (unpaired) electrons. The lowest BCUT2D eigenvalue weighted by molar-refractivity contribution is -0.161. The third-order valence-electron chi connectivity index (χ3n) is 16.1. The Morgan fingerprint density at radius 1 is 0.284 bits per heavy atom. The zero-order valence-electron chi connectivity index (χ0n) is 63.7. The topological polar surface area (TPSA) is 237 Å². The number of hydrogen-bond acceptors (Lipinski definition) is 15. The van der Waals surface area contributed by atoms with Gasteiger partial charge in [0, 0.05) is 25.7 Å². The molecule has 0 fully saturated rings. The fourth-order valence-electron chi connectivity index (χ4n) is 10.2. The summed E-state index contributed by atoms with van der Waals surface area (Å²) in [6.07, 6.45) is 83.0. The van der Waals surface area contributed by atoms with E-state index in [4.69, 9.17) is 37.0 Å². The van der Waals surface area contributed by atoms with Crippen LogP contribution in [0.4, 0.5) is 0 Å². The predicted molar refractivity (Wildman–Crippen MR) is 418 cm³/mol. The third-order valence-corrected chi connectivity index (χ3v) is 18.0. The highest BCUT2D eigenvalue weighted by atomic mass is 31.2. The summed E-state index contributed by atoms with van der Waals surface area (Å²) in [5, 5.41) is 10.6. The first kappa shape index (κ1) is 97.2. The molecule has 5 atom stereocenters. The fourth-order valence-corrected chi connectivity index (χ4v) is 11.7. The number of carbonyl (C=O) groups excluding carboxylic acids is 4. The van der Waals surface area contributed by atoms with E-state index in [9.17, 15) is 43.2 Å². The summed E-state index contributed by atoms with van der Waals surface area (Å²) in [4.78, 5) is 72.9. The maximum atomic E-state index is 13.1. The smallest absolute Gasteiger partial charge is 0.462 e. The molecule has 0 aromatic heterocycles. The molecular weight excluding hydrogens is 1330 g/mol. The van der Waals surface area contributed by atoms with Crippen LogP contribution in [-0.4, -0.2) is 96.7 Å². The van der Waals surface area contributed by atoms with Crippen molar-refractivity contribution in [3.8, 4) is 0 Å². The number of aliphatic hydroxyl groups is 1. The van der Waals surface area contributed by atoms with E-state index >= 15 is 0 Å². The molecule has 0 aromatic rings. The van der Waals surface area contributed by atoms with Crippen molar-refractivity contribution in [3.63, 3.8) is 0 Å². The number of esters is 4. The van der Waals surface area contributed by atoms with Crippen LogP contribution in [0, 0.1) is 0 Å². The number of phosphoric ester groups is 2. The zero-order chi connectivity index (χ0) is 74.6. The van der Waals surface area contributed by atoms with Crippen LogP contribution in [0.2, 0.25) is 0 Å². The first-order valence-electron chi connectivity index (χ1n) is 39.4. The van der Waals surface area contributed by atoms with Crippen molar-refractivity contribution in [2.45, 2.75) is 329 Å². The van der Waals surface area contributed by atoms with Gasteiger partial charge in [0.25, 0.3) is 0 Å². The minimum atomic E-state index is -4.99. The van der Waals surface area contributed by atoms with Crippen LogP contribution in [0.25, 0.3) is 0 Å². The van der Waals surface area contributed by atoms with E-state index in [0.29, 0.717) is 32.1 Å². The average molecular weight is 1470 g/mol. The summed E-state index contributed by atoms with van der Waals surface area (Å²) >= 11 is 0. The summed E-state index contributed by atoms with van der Waals surface area (Å²) < 4.78 is 68.4. The summed E-state index contributed by atoms with van der Waals surface area (Å²) in [7, 11) is -9.98. The van der Waals surface area contributed by atoms with E-state index < -0.39 is 97.5 Å². The first-order valence-corrected chi connectivity index (χ1v) is 42.4. The van der Waals surface area contributed by atoms with Gasteiger partial charge in [0.15, 0.2) is 12.2 Å². The van der Waals surface area contributed by atoms with Gasteiger partial charge in [0.1, 0.15) is 19.3 Å². The van der Waals surface area contributed by atoms with Crippen molar-refractivity contribution < 1.29 is 80.2 Å². The molecule has 17 nitrogen and oxygen atoms in total. The molecule has 0 aliphatic heterocycles. The van der Waals surface area contributed by atoms with Crippen molar-refractivity contribution in [1.82, 2.24) is 0 Å². The number of phosphoric acid groups is 2. The van der Waals surface area contributed by atoms with Crippen LogP contribution in [0.5, 0.6) is 0 Å². The normalized spacial score (nSPS) is 14.6. The van der Waals surface area contributed by atoms with Crippen molar-refractivity contribution in [3.05, 3.63) is 134 Å². The maximum Gasteiger partial charge on any atom is 0.472 e. The number of allylic oxidation sites excluding steroid dienone is 22. The SMILES string of the molecule is CC/C=C\C/C=C\C/C=C\C/C=C\C/C=C\CCCCCC(=O)OCC(COP(=O)(O)OCC(O)COP(=O)(O)OCC(COC(=O)CCC/C=C\C/C=C\C/C=C\C/C=C\C/C=C\CC)OC(=O)CCCCCCC/C=C\CCCCCCCC)OC(=O)CCCCCCCCCCCCC. The van der Waals surface area contributed by atoms with Crippen LogP contribution >= 0.6 is 15.6 Å². The van der Waals surface area contributed by atoms with Gasteiger partial charge < -0.3 is 33.8 Å². The second kappa shape index (κ2) is 74.5. The Hall–Kier alpha value is -4.80. The second-order valence-corrected chi connectivity index (χ2v) is 28.8. The van der Waals surface area contributed by atoms with Gasteiger partial charge in [-0.05, 0) is 135 Å². The van der Waals surface area contributed by atoms with Crippen molar-refractivity contribution in [2.75, 3.05) is 39.6 Å². The minimum Gasteiger partial charge on any atom is -0.462 e. The molecule has 0 aliphatic rings. The second-order valence-electron chi connectivity index (χ2n) is 25.9. The van der Waals surface area contributed by atoms with Crippen LogP contribution in [-0.2, 0) is 65.4 Å². The van der Waals surface area contributed by atoms with E-state index in [1.54, 1.807) is 0 Å². The number of carbonyl (C=O) groups is 4. The zero-order valence-corrected chi connectivity index (χ0v) is 65.5. The molecule has 0 heterocycles. The monoisotopic (exact) mass is 1470 g/mol. The molecule has 0 amide bonds. The number of aliphatic hydroxyl groups excluding tert-OH is 1. The van der Waals surface area contributed by atoms with Gasteiger partial charge in [0.05, 0.1) is 26.4 Å². The molecule has 0 bridgehead atoms. The lowest BCUT2D eigenvalue weighted by atomic mass is 10.1. The number of ether oxygens (including phenoxy) is 4. The maximum absolute atomic E-state index is 13.1. The van der Waals surface area contributed by atoms with E-state index in [2.05, 4.69) is 149 Å². The molecule has 0 aromatic carbocycles. The van der Waals surface area contributed by atoms with Gasteiger partial charge in [-0.25, -0.2) is 9.13 Å². The van der Waals surface area contributed by atoms with Gasteiger partial charge in [-0.3, -0.25) is 37.3 Å². The Morgan fingerprint density at radius 3 is 0.843 bits per heavy atom. The summed E-state index contributed by atoms with van der Waals surface area (Å²) in [6.45, 7) is 4.53. The Bertz CT molecular complexity index is 2460.